The van der Waals surface area contributed by atoms with E-state index < -0.39 is 0 Å². The third-order valence-corrected chi connectivity index (χ3v) is 5.68. The molecule has 0 N–H and O–H groups in total. The van der Waals surface area contributed by atoms with Crippen molar-refractivity contribution in [3.63, 3.8) is 0 Å². The lowest BCUT2D eigenvalue weighted by Crippen LogP contribution is -2.38. The van der Waals surface area contributed by atoms with Crippen molar-refractivity contribution in [3.8, 4) is 0 Å². The van der Waals surface area contributed by atoms with Crippen molar-refractivity contribution in [2.45, 2.75) is 38.9 Å². The first-order chi connectivity index (χ1) is 11.7. The van der Waals surface area contributed by atoms with Gasteiger partial charge in [0.25, 0.3) is 0 Å². The molecular weight excluding hydrogens is 292 g/mol. The fraction of sp³-hybridized carbons (Fsp3) is 0.455. The van der Waals surface area contributed by atoms with Crippen molar-refractivity contribution >= 4 is 0 Å². The van der Waals surface area contributed by atoms with Gasteiger partial charge in [0.05, 0.1) is 0 Å². The van der Waals surface area contributed by atoms with Gasteiger partial charge in [-0.2, -0.15) is 0 Å². The van der Waals surface area contributed by atoms with Gasteiger partial charge in [0.1, 0.15) is 0 Å². The summed E-state index contributed by atoms with van der Waals surface area (Å²) < 4.78 is 0. The molecule has 1 heterocycles. The molecule has 1 atom stereocenters. The maximum absolute atomic E-state index is 2.72. The Balaban J connectivity index is 1.47. The maximum atomic E-state index is 2.72. The quantitative estimate of drug-likeness (QED) is 0.834. The lowest BCUT2D eigenvalue weighted by atomic mass is 10.1. The Kier molecular flexibility index (Phi) is 4.43. The monoisotopic (exact) mass is 320 g/mol. The van der Waals surface area contributed by atoms with Crippen molar-refractivity contribution in [3.05, 3.63) is 71.8 Å². The highest BCUT2D eigenvalue weighted by Crippen LogP contribution is 2.48. The summed E-state index contributed by atoms with van der Waals surface area (Å²) in [6.45, 7) is 8.27. The normalized spacial score (nSPS) is 24.0. The Labute approximate surface area is 146 Å². The zero-order valence-corrected chi connectivity index (χ0v) is 14.7. The van der Waals surface area contributed by atoms with Gasteiger partial charge in [-0.15, -0.1) is 0 Å². The number of benzene rings is 2. The summed E-state index contributed by atoms with van der Waals surface area (Å²) >= 11 is 0. The van der Waals surface area contributed by atoms with Gasteiger partial charge in [0.2, 0.25) is 0 Å². The predicted molar refractivity (Wildman–Crippen MR) is 99.7 cm³/mol. The Morgan fingerprint density at radius 2 is 1.42 bits per heavy atom. The minimum Gasteiger partial charge on any atom is -0.297 e. The van der Waals surface area contributed by atoms with Crippen molar-refractivity contribution in [1.29, 1.82) is 0 Å². The third kappa shape index (κ3) is 3.71. The van der Waals surface area contributed by atoms with Gasteiger partial charge in [0.15, 0.2) is 0 Å². The first-order valence-corrected chi connectivity index (χ1v) is 9.27. The number of rotatable bonds is 4. The summed E-state index contributed by atoms with van der Waals surface area (Å²) in [7, 11) is 0. The van der Waals surface area contributed by atoms with Crippen LogP contribution in [0.5, 0.6) is 0 Å². The van der Waals surface area contributed by atoms with E-state index in [1.165, 1.54) is 43.6 Å². The van der Waals surface area contributed by atoms with Crippen LogP contribution in [0.3, 0.4) is 0 Å². The lowest BCUT2D eigenvalue weighted by Gasteiger charge is -2.29. The van der Waals surface area contributed by atoms with Gasteiger partial charge in [-0.1, -0.05) is 60.7 Å². The van der Waals surface area contributed by atoms with Crippen LogP contribution in [0, 0.1) is 5.41 Å². The zero-order chi connectivity index (χ0) is 16.4. The van der Waals surface area contributed by atoms with Crippen LogP contribution in [0.2, 0.25) is 0 Å². The van der Waals surface area contributed by atoms with E-state index in [1.807, 2.05) is 0 Å². The van der Waals surface area contributed by atoms with Gasteiger partial charge in [-0.25, -0.2) is 0 Å². The zero-order valence-electron chi connectivity index (χ0n) is 14.7. The molecule has 1 unspecified atom stereocenters. The van der Waals surface area contributed by atoms with Crippen molar-refractivity contribution in [1.82, 2.24) is 9.80 Å². The molecule has 1 aliphatic carbocycles. The van der Waals surface area contributed by atoms with E-state index in [9.17, 15) is 0 Å². The Hall–Kier alpha value is -1.64. The highest BCUT2D eigenvalue weighted by molar-refractivity contribution is 5.17. The largest absolute Gasteiger partial charge is 0.297 e. The summed E-state index contributed by atoms with van der Waals surface area (Å²) in [6, 6.07) is 22.5. The van der Waals surface area contributed by atoms with Crippen LogP contribution in [-0.4, -0.2) is 35.5 Å². The van der Waals surface area contributed by atoms with Crippen LogP contribution in [-0.2, 0) is 13.1 Å². The highest BCUT2D eigenvalue weighted by atomic mass is 15.3. The van der Waals surface area contributed by atoms with Crippen LogP contribution in [0.4, 0.5) is 0 Å². The van der Waals surface area contributed by atoms with E-state index >= 15 is 0 Å². The van der Waals surface area contributed by atoms with Crippen molar-refractivity contribution in [2.24, 2.45) is 5.41 Å². The minimum absolute atomic E-state index is 0.550. The predicted octanol–water partition coefficient (Wildman–Crippen LogP) is 4.17. The van der Waals surface area contributed by atoms with E-state index in [2.05, 4.69) is 77.4 Å². The van der Waals surface area contributed by atoms with E-state index in [-0.39, 0.29) is 0 Å². The number of hydrogen-bond donors (Lipinski definition) is 0. The maximum Gasteiger partial charge on any atom is 0.0237 e. The third-order valence-electron chi connectivity index (χ3n) is 5.68. The Morgan fingerprint density at radius 3 is 2.00 bits per heavy atom. The topological polar surface area (TPSA) is 6.48 Å². The molecule has 2 aliphatic rings. The molecule has 2 fully saturated rings. The van der Waals surface area contributed by atoms with E-state index in [4.69, 9.17) is 0 Å². The van der Waals surface area contributed by atoms with Crippen LogP contribution in [0.1, 0.15) is 30.9 Å². The SMILES string of the molecule is CC1CN(Cc2ccccc2)CC2(CC2)CN1Cc1ccccc1. The number of hydrogen-bond acceptors (Lipinski definition) is 2. The van der Waals surface area contributed by atoms with Crippen LogP contribution in [0.25, 0.3) is 0 Å². The molecule has 0 bridgehead atoms. The minimum atomic E-state index is 0.550. The number of nitrogens with zero attached hydrogens (tertiary/aromatic N) is 2. The van der Waals surface area contributed by atoms with Crippen molar-refractivity contribution < 1.29 is 0 Å². The smallest absolute Gasteiger partial charge is 0.0237 e. The first kappa shape index (κ1) is 15.9. The molecule has 24 heavy (non-hydrogen) atoms. The molecule has 4 rings (SSSR count). The second kappa shape index (κ2) is 6.70. The summed E-state index contributed by atoms with van der Waals surface area (Å²) in [5, 5.41) is 0. The van der Waals surface area contributed by atoms with Gasteiger partial charge in [0, 0.05) is 38.8 Å². The molecule has 0 radical (unpaired) electrons. The van der Waals surface area contributed by atoms with Gasteiger partial charge < -0.3 is 0 Å². The fourth-order valence-corrected chi connectivity index (χ4v) is 4.15. The fourth-order valence-electron chi connectivity index (χ4n) is 4.15. The lowest BCUT2D eigenvalue weighted by molar-refractivity contribution is 0.176. The average Bonchev–Trinajstić information content (AvgIpc) is 3.36. The molecule has 2 heteroatoms. The molecule has 1 saturated heterocycles. The first-order valence-electron chi connectivity index (χ1n) is 9.27. The second-order valence-electron chi connectivity index (χ2n) is 7.89. The molecular formula is C22H28N2. The highest BCUT2D eigenvalue weighted by Gasteiger charge is 2.47. The summed E-state index contributed by atoms with van der Waals surface area (Å²) in [5.74, 6) is 0. The van der Waals surface area contributed by atoms with Crippen molar-refractivity contribution in [2.75, 3.05) is 19.6 Å². The molecule has 1 aliphatic heterocycles. The van der Waals surface area contributed by atoms with Crippen LogP contribution < -0.4 is 0 Å². The van der Waals surface area contributed by atoms with Crippen LogP contribution >= 0.6 is 0 Å². The summed E-state index contributed by atoms with van der Waals surface area (Å²) in [4.78, 5) is 5.41. The summed E-state index contributed by atoms with van der Waals surface area (Å²) in [5.41, 5.74) is 3.43. The van der Waals surface area contributed by atoms with E-state index in [1.54, 1.807) is 0 Å². The van der Waals surface area contributed by atoms with Gasteiger partial charge >= 0.3 is 0 Å². The molecule has 1 spiro atoms. The van der Waals surface area contributed by atoms with E-state index in [0.717, 1.165) is 13.1 Å². The Morgan fingerprint density at radius 1 is 0.833 bits per heavy atom. The molecule has 2 aromatic carbocycles. The standard InChI is InChI=1S/C22H28N2/c1-19-14-23(15-20-8-4-2-5-9-20)17-22(12-13-22)18-24(19)16-21-10-6-3-7-11-21/h2-11,19H,12-18H2,1H3. The second-order valence-corrected chi connectivity index (χ2v) is 7.89. The molecule has 1 saturated carbocycles. The molecule has 0 aromatic heterocycles. The average molecular weight is 320 g/mol. The molecule has 126 valence electrons. The van der Waals surface area contributed by atoms with E-state index in [0.29, 0.717) is 11.5 Å². The Bertz CT molecular complexity index is 648. The van der Waals surface area contributed by atoms with Gasteiger partial charge in [-0.3, -0.25) is 9.80 Å². The van der Waals surface area contributed by atoms with Gasteiger partial charge in [-0.05, 0) is 36.3 Å². The van der Waals surface area contributed by atoms with Crippen LogP contribution in [0.15, 0.2) is 60.7 Å². The molecule has 0 amide bonds. The summed E-state index contributed by atoms with van der Waals surface area (Å²) in [6.07, 6.45) is 2.80. The molecule has 2 nitrogen and oxygen atoms in total. The molecule has 2 aromatic rings.